The molecule has 154 valence electrons. The Morgan fingerprint density at radius 3 is 2.39 bits per heavy atom. The van der Waals surface area contributed by atoms with E-state index in [1.807, 2.05) is 66.7 Å². The van der Waals surface area contributed by atoms with Gasteiger partial charge >= 0.3 is 0 Å². The van der Waals surface area contributed by atoms with Gasteiger partial charge in [-0.15, -0.1) is 0 Å². The molecule has 3 aromatic carbocycles. The van der Waals surface area contributed by atoms with E-state index in [0.717, 1.165) is 11.3 Å². The molecule has 0 spiro atoms. The summed E-state index contributed by atoms with van der Waals surface area (Å²) >= 11 is 0. The summed E-state index contributed by atoms with van der Waals surface area (Å²) < 4.78 is 7.10. The largest absolute Gasteiger partial charge is 0.495 e. The van der Waals surface area contributed by atoms with Crippen LogP contribution in [0.5, 0.6) is 5.75 Å². The van der Waals surface area contributed by atoms with E-state index in [1.165, 1.54) is 0 Å². The first-order valence-corrected chi connectivity index (χ1v) is 10.1. The van der Waals surface area contributed by atoms with Gasteiger partial charge < -0.3 is 9.64 Å². The number of amides is 1. The molecule has 0 fully saturated rings. The summed E-state index contributed by atoms with van der Waals surface area (Å²) in [5.41, 5.74) is 2.88. The highest BCUT2D eigenvalue weighted by atomic mass is 16.5. The van der Waals surface area contributed by atoms with E-state index < -0.39 is 5.92 Å². The number of para-hydroxylation sites is 4. The predicted molar refractivity (Wildman–Crippen MR) is 120 cm³/mol. The van der Waals surface area contributed by atoms with E-state index in [0.29, 0.717) is 34.6 Å². The molecule has 31 heavy (non-hydrogen) atoms. The summed E-state index contributed by atoms with van der Waals surface area (Å²) in [6, 6.07) is 22.4. The van der Waals surface area contributed by atoms with Gasteiger partial charge in [-0.2, -0.15) is 0 Å². The van der Waals surface area contributed by atoms with Gasteiger partial charge in [0, 0.05) is 19.2 Å². The minimum absolute atomic E-state index is 0.00446. The Hall–Kier alpha value is -3.93. The molecule has 1 atom stereocenters. The van der Waals surface area contributed by atoms with Gasteiger partial charge in [-0.25, -0.2) is 4.98 Å². The second kappa shape index (κ2) is 7.40. The lowest BCUT2D eigenvalue weighted by Crippen LogP contribution is -2.29. The summed E-state index contributed by atoms with van der Waals surface area (Å²) in [6.45, 7) is 0. The van der Waals surface area contributed by atoms with Crippen molar-refractivity contribution in [3.05, 3.63) is 94.5 Å². The SMILES string of the molecule is COc1ccccc1-n1c(CC2C(=O)N(C)c3ccccc32)nc2ccccc2c1=O. The van der Waals surface area contributed by atoms with Gasteiger partial charge in [0.25, 0.3) is 5.56 Å². The number of ether oxygens (including phenoxy) is 1. The monoisotopic (exact) mass is 411 g/mol. The summed E-state index contributed by atoms with van der Waals surface area (Å²) in [7, 11) is 3.35. The molecule has 0 aliphatic carbocycles. The van der Waals surface area contributed by atoms with Gasteiger partial charge in [0.2, 0.25) is 5.91 Å². The zero-order valence-electron chi connectivity index (χ0n) is 17.3. The third kappa shape index (κ3) is 2.99. The lowest BCUT2D eigenvalue weighted by molar-refractivity contribution is -0.119. The first kappa shape index (κ1) is 19.1. The minimum Gasteiger partial charge on any atom is -0.495 e. The maximum Gasteiger partial charge on any atom is 0.266 e. The lowest BCUT2D eigenvalue weighted by atomic mass is 9.96. The molecule has 4 aromatic rings. The molecule has 1 aliphatic rings. The summed E-state index contributed by atoms with van der Waals surface area (Å²) in [5.74, 6) is 0.681. The van der Waals surface area contributed by atoms with Gasteiger partial charge in [-0.1, -0.05) is 42.5 Å². The molecular weight excluding hydrogens is 390 g/mol. The fraction of sp³-hybridized carbons (Fsp3) is 0.160. The number of rotatable bonds is 4. The van der Waals surface area contributed by atoms with Crippen LogP contribution < -0.4 is 15.2 Å². The van der Waals surface area contributed by atoms with Gasteiger partial charge in [-0.05, 0) is 35.9 Å². The summed E-state index contributed by atoms with van der Waals surface area (Å²) in [6.07, 6.45) is 0.304. The van der Waals surface area contributed by atoms with E-state index in [1.54, 1.807) is 29.7 Å². The first-order valence-electron chi connectivity index (χ1n) is 10.1. The molecule has 0 saturated heterocycles. The number of anilines is 1. The average Bonchev–Trinajstić information content (AvgIpc) is 3.04. The Bertz CT molecular complexity index is 1380. The van der Waals surface area contributed by atoms with Crippen molar-refractivity contribution in [2.24, 2.45) is 0 Å². The summed E-state index contributed by atoms with van der Waals surface area (Å²) in [5, 5.41) is 0.521. The minimum atomic E-state index is -0.407. The number of carbonyl (C=O) groups is 1. The van der Waals surface area contributed by atoms with Crippen molar-refractivity contribution < 1.29 is 9.53 Å². The van der Waals surface area contributed by atoms with E-state index in [-0.39, 0.29) is 11.5 Å². The molecule has 1 aliphatic heterocycles. The number of hydrogen-bond acceptors (Lipinski definition) is 4. The quantitative estimate of drug-likeness (QED) is 0.514. The van der Waals surface area contributed by atoms with Crippen molar-refractivity contribution in [3.63, 3.8) is 0 Å². The molecule has 0 radical (unpaired) electrons. The fourth-order valence-electron chi connectivity index (χ4n) is 4.33. The van der Waals surface area contributed by atoms with Crippen LogP contribution in [0.15, 0.2) is 77.6 Å². The van der Waals surface area contributed by atoms with Crippen LogP contribution in [0.25, 0.3) is 16.6 Å². The van der Waals surface area contributed by atoms with Gasteiger partial charge in [0.1, 0.15) is 11.6 Å². The average molecular weight is 411 g/mol. The molecule has 0 saturated carbocycles. The van der Waals surface area contributed by atoms with E-state index >= 15 is 0 Å². The Morgan fingerprint density at radius 2 is 1.58 bits per heavy atom. The number of aromatic nitrogens is 2. The van der Waals surface area contributed by atoms with Crippen LogP contribution in [0.1, 0.15) is 17.3 Å². The van der Waals surface area contributed by atoms with Crippen molar-refractivity contribution in [1.82, 2.24) is 9.55 Å². The van der Waals surface area contributed by atoms with Crippen LogP contribution in [0.3, 0.4) is 0 Å². The topological polar surface area (TPSA) is 64.4 Å². The normalized spacial score (nSPS) is 15.4. The molecule has 2 heterocycles. The molecule has 6 heteroatoms. The Labute approximate surface area is 179 Å². The Balaban J connectivity index is 1.74. The third-order valence-corrected chi connectivity index (χ3v) is 5.86. The van der Waals surface area contributed by atoms with Gasteiger partial charge in [0.05, 0.1) is 29.6 Å². The van der Waals surface area contributed by atoms with Crippen molar-refractivity contribution in [2.75, 3.05) is 19.1 Å². The van der Waals surface area contributed by atoms with Gasteiger partial charge in [0.15, 0.2) is 0 Å². The van der Waals surface area contributed by atoms with Crippen LogP contribution in [0.4, 0.5) is 5.69 Å². The van der Waals surface area contributed by atoms with E-state index in [4.69, 9.17) is 9.72 Å². The maximum absolute atomic E-state index is 13.6. The Kier molecular flexibility index (Phi) is 4.55. The fourth-order valence-corrected chi connectivity index (χ4v) is 4.33. The highest BCUT2D eigenvalue weighted by Crippen LogP contribution is 2.38. The third-order valence-electron chi connectivity index (χ3n) is 5.86. The second-order valence-electron chi connectivity index (χ2n) is 7.57. The van der Waals surface area contributed by atoms with Crippen molar-refractivity contribution >= 4 is 22.5 Å². The van der Waals surface area contributed by atoms with Crippen LogP contribution >= 0.6 is 0 Å². The van der Waals surface area contributed by atoms with Crippen molar-refractivity contribution in [1.29, 1.82) is 0 Å². The lowest BCUT2D eigenvalue weighted by Gasteiger charge is -2.18. The standard InChI is InChI=1S/C25H21N3O3/c1-27-20-12-6-4-9-16(20)18(24(27)29)15-23-26-19-11-5-3-10-17(19)25(30)28(23)21-13-7-8-14-22(21)31-2/h3-14,18H,15H2,1-2H3. The van der Waals surface area contributed by atoms with Crippen LogP contribution in [-0.2, 0) is 11.2 Å². The number of hydrogen-bond donors (Lipinski definition) is 0. The smallest absolute Gasteiger partial charge is 0.266 e. The van der Waals surface area contributed by atoms with Crippen molar-refractivity contribution in [2.45, 2.75) is 12.3 Å². The Morgan fingerprint density at radius 1 is 0.903 bits per heavy atom. The molecular formula is C25H21N3O3. The van der Waals surface area contributed by atoms with E-state index in [2.05, 4.69) is 0 Å². The summed E-state index contributed by atoms with van der Waals surface area (Å²) in [4.78, 5) is 33.1. The molecule has 0 N–H and O–H groups in total. The maximum atomic E-state index is 13.6. The highest BCUT2D eigenvalue weighted by molar-refractivity contribution is 6.04. The second-order valence-corrected chi connectivity index (χ2v) is 7.57. The zero-order valence-corrected chi connectivity index (χ0v) is 17.3. The number of benzene rings is 3. The predicted octanol–water partition coefficient (Wildman–Crippen LogP) is 3.70. The zero-order chi connectivity index (χ0) is 21.5. The molecule has 6 nitrogen and oxygen atoms in total. The molecule has 1 unspecified atom stereocenters. The highest BCUT2D eigenvalue weighted by Gasteiger charge is 2.36. The number of methoxy groups -OCH3 is 1. The molecule has 5 rings (SSSR count). The van der Waals surface area contributed by atoms with Crippen molar-refractivity contribution in [3.8, 4) is 11.4 Å². The number of likely N-dealkylation sites (N-methyl/N-ethyl adjacent to an activating group) is 1. The molecule has 1 amide bonds. The first-order chi connectivity index (χ1) is 15.1. The van der Waals surface area contributed by atoms with Crippen LogP contribution in [-0.4, -0.2) is 29.6 Å². The number of nitrogens with zero attached hydrogens (tertiary/aromatic N) is 3. The molecule has 0 bridgehead atoms. The van der Waals surface area contributed by atoms with Crippen LogP contribution in [0.2, 0.25) is 0 Å². The molecule has 1 aromatic heterocycles. The van der Waals surface area contributed by atoms with E-state index in [9.17, 15) is 9.59 Å². The number of fused-ring (bicyclic) bond motifs is 2. The van der Waals surface area contributed by atoms with Gasteiger partial charge in [-0.3, -0.25) is 14.2 Å². The van der Waals surface area contributed by atoms with Crippen LogP contribution in [0, 0.1) is 0 Å². The number of carbonyl (C=O) groups excluding carboxylic acids is 1.